The van der Waals surface area contributed by atoms with Crippen LogP contribution >= 0.6 is 0 Å². The molecule has 0 amide bonds. The first-order valence-electron chi connectivity index (χ1n) is 5.06. The molecule has 1 rings (SSSR count). The summed E-state index contributed by atoms with van der Waals surface area (Å²) in [5, 5.41) is 12.6. The second kappa shape index (κ2) is 4.24. The van der Waals surface area contributed by atoms with E-state index in [9.17, 15) is 5.11 Å². The fourth-order valence-corrected chi connectivity index (χ4v) is 2.16. The van der Waals surface area contributed by atoms with Crippen LogP contribution in [0.3, 0.4) is 0 Å². The average Bonchev–Trinajstić information content (AvgIpc) is 2.05. The van der Waals surface area contributed by atoms with Crippen LogP contribution in [-0.2, 0) is 0 Å². The van der Waals surface area contributed by atoms with Crippen molar-refractivity contribution in [1.29, 1.82) is 0 Å². The van der Waals surface area contributed by atoms with Crippen LogP contribution in [0.5, 0.6) is 0 Å². The number of nitrogens with one attached hydrogen (secondary N) is 1. The maximum atomic E-state index is 9.17. The third kappa shape index (κ3) is 2.46. The van der Waals surface area contributed by atoms with Crippen LogP contribution in [0.4, 0.5) is 0 Å². The Balaban J connectivity index is 2.39. The van der Waals surface area contributed by atoms with Gasteiger partial charge in [-0.15, -0.1) is 0 Å². The van der Waals surface area contributed by atoms with E-state index in [-0.39, 0.29) is 12.1 Å². The maximum Gasteiger partial charge on any atom is 0.0610 e. The molecule has 0 radical (unpaired) electrons. The predicted molar refractivity (Wildman–Crippen MR) is 51.1 cm³/mol. The minimum atomic E-state index is -0.00190. The quantitative estimate of drug-likeness (QED) is 0.675. The van der Waals surface area contributed by atoms with Crippen molar-refractivity contribution in [3.63, 3.8) is 0 Å². The number of hydrogen-bond acceptors (Lipinski definition) is 2. The van der Waals surface area contributed by atoms with Gasteiger partial charge in [0, 0.05) is 5.54 Å². The number of aliphatic hydroxyl groups excluding tert-OH is 1. The van der Waals surface area contributed by atoms with Gasteiger partial charge in [0.15, 0.2) is 0 Å². The van der Waals surface area contributed by atoms with Gasteiger partial charge in [-0.25, -0.2) is 0 Å². The molecule has 2 heteroatoms. The van der Waals surface area contributed by atoms with Crippen LogP contribution in [0.1, 0.15) is 39.5 Å². The van der Waals surface area contributed by atoms with Crippen molar-refractivity contribution in [1.82, 2.24) is 5.32 Å². The van der Waals surface area contributed by atoms with Crippen LogP contribution in [0.15, 0.2) is 0 Å². The smallest absolute Gasteiger partial charge is 0.0610 e. The highest BCUT2D eigenvalue weighted by Crippen LogP contribution is 2.27. The van der Waals surface area contributed by atoms with Crippen LogP contribution in [0, 0.1) is 5.92 Å². The van der Waals surface area contributed by atoms with Gasteiger partial charge in [-0.1, -0.05) is 19.8 Å². The van der Waals surface area contributed by atoms with Crippen molar-refractivity contribution in [2.75, 3.05) is 13.2 Å². The lowest BCUT2D eigenvalue weighted by atomic mass is 9.81. The summed E-state index contributed by atoms with van der Waals surface area (Å²) in [5.74, 6) is 0.827. The largest absolute Gasteiger partial charge is 0.394 e. The number of aliphatic hydroxyl groups is 1. The van der Waals surface area contributed by atoms with Crippen molar-refractivity contribution >= 4 is 0 Å². The normalized spacial score (nSPS) is 36.8. The van der Waals surface area contributed by atoms with Crippen LogP contribution in [-0.4, -0.2) is 23.8 Å². The lowest BCUT2D eigenvalue weighted by Crippen LogP contribution is -2.51. The summed E-state index contributed by atoms with van der Waals surface area (Å²) in [4.78, 5) is 0. The van der Waals surface area contributed by atoms with Gasteiger partial charge in [-0.05, 0) is 32.2 Å². The Morgan fingerprint density at radius 1 is 1.58 bits per heavy atom. The second-order valence-electron chi connectivity index (χ2n) is 4.29. The molecule has 1 saturated heterocycles. The molecule has 2 N–H and O–H groups in total. The lowest BCUT2D eigenvalue weighted by Gasteiger charge is -2.38. The number of piperidine rings is 1. The fraction of sp³-hybridized carbons (Fsp3) is 1.00. The third-order valence-electron chi connectivity index (χ3n) is 2.89. The molecule has 0 saturated carbocycles. The maximum absolute atomic E-state index is 9.17. The van der Waals surface area contributed by atoms with Crippen molar-refractivity contribution < 1.29 is 5.11 Å². The van der Waals surface area contributed by atoms with E-state index in [0.717, 1.165) is 18.9 Å². The molecule has 1 aliphatic heterocycles. The van der Waals surface area contributed by atoms with Gasteiger partial charge in [0.1, 0.15) is 0 Å². The molecule has 2 nitrogen and oxygen atoms in total. The standard InChI is InChI=1S/C10H21NO/c1-3-4-9-5-6-11-10(2,7-9)8-12/h9,11-12H,3-8H2,1-2H3. The van der Waals surface area contributed by atoms with E-state index >= 15 is 0 Å². The molecule has 0 spiro atoms. The second-order valence-corrected chi connectivity index (χ2v) is 4.29. The first-order chi connectivity index (χ1) is 5.70. The molecule has 0 aromatic carbocycles. The molecule has 72 valence electrons. The van der Waals surface area contributed by atoms with Gasteiger partial charge in [-0.3, -0.25) is 0 Å². The molecule has 1 heterocycles. The topological polar surface area (TPSA) is 32.3 Å². The van der Waals surface area contributed by atoms with E-state index in [1.807, 2.05) is 0 Å². The number of hydrogen-bond donors (Lipinski definition) is 2. The van der Waals surface area contributed by atoms with E-state index in [2.05, 4.69) is 19.2 Å². The summed E-state index contributed by atoms with van der Waals surface area (Å²) in [5.41, 5.74) is -0.00190. The molecule has 0 aliphatic carbocycles. The Morgan fingerprint density at radius 3 is 2.92 bits per heavy atom. The summed E-state index contributed by atoms with van der Waals surface area (Å²) in [6.45, 7) is 5.70. The zero-order valence-corrected chi connectivity index (χ0v) is 8.27. The summed E-state index contributed by atoms with van der Waals surface area (Å²) >= 11 is 0. The highest BCUT2D eigenvalue weighted by atomic mass is 16.3. The third-order valence-corrected chi connectivity index (χ3v) is 2.89. The molecule has 2 unspecified atom stereocenters. The fourth-order valence-electron chi connectivity index (χ4n) is 2.16. The molecule has 0 aromatic rings. The molecular weight excluding hydrogens is 150 g/mol. The van der Waals surface area contributed by atoms with E-state index in [1.54, 1.807) is 0 Å². The first-order valence-corrected chi connectivity index (χ1v) is 5.06. The van der Waals surface area contributed by atoms with Crippen LogP contribution in [0.2, 0.25) is 0 Å². The van der Waals surface area contributed by atoms with E-state index in [1.165, 1.54) is 19.3 Å². The van der Waals surface area contributed by atoms with Gasteiger partial charge in [-0.2, -0.15) is 0 Å². The molecule has 2 atom stereocenters. The Morgan fingerprint density at radius 2 is 2.33 bits per heavy atom. The molecule has 12 heavy (non-hydrogen) atoms. The Kier molecular flexibility index (Phi) is 3.53. The number of rotatable bonds is 3. The molecule has 1 aliphatic rings. The summed E-state index contributed by atoms with van der Waals surface area (Å²) < 4.78 is 0. The molecule has 0 bridgehead atoms. The van der Waals surface area contributed by atoms with Gasteiger partial charge in [0.25, 0.3) is 0 Å². The molecular formula is C10H21NO. The van der Waals surface area contributed by atoms with Crippen LogP contribution in [0.25, 0.3) is 0 Å². The van der Waals surface area contributed by atoms with Crippen molar-refractivity contribution in [3.8, 4) is 0 Å². The van der Waals surface area contributed by atoms with Gasteiger partial charge in [0.2, 0.25) is 0 Å². The van der Waals surface area contributed by atoms with Crippen molar-refractivity contribution in [2.24, 2.45) is 5.92 Å². The van der Waals surface area contributed by atoms with Crippen LogP contribution < -0.4 is 5.32 Å². The van der Waals surface area contributed by atoms with Crippen molar-refractivity contribution in [2.45, 2.75) is 45.1 Å². The van der Waals surface area contributed by atoms with E-state index in [0.29, 0.717) is 0 Å². The minimum Gasteiger partial charge on any atom is -0.394 e. The average molecular weight is 171 g/mol. The zero-order chi connectivity index (χ0) is 9.03. The molecule has 0 aromatic heterocycles. The Labute approximate surface area is 75.4 Å². The first kappa shape index (κ1) is 10.0. The summed E-state index contributed by atoms with van der Waals surface area (Å²) in [6.07, 6.45) is 5.00. The monoisotopic (exact) mass is 171 g/mol. The minimum absolute atomic E-state index is 0.00190. The predicted octanol–water partition coefficient (Wildman–Crippen LogP) is 1.54. The van der Waals surface area contributed by atoms with Gasteiger partial charge >= 0.3 is 0 Å². The highest BCUT2D eigenvalue weighted by Gasteiger charge is 2.30. The van der Waals surface area contributed by atoms with E-state index in [4.69, 9.17) is 0 Å². The lowest BCUT2D eigenvalue weighted by molar-refractivity contribution is 0.116. The van der Waals surface area contributed by atoms with Gasteiger partial charge in [0.05, 0.1) is 6.61 Å². The van der Waals surface area contributed by atoms with E-state index < -0.39 is 0 Å². The van der Waals surface area contributed by atoms with Gasteiger partial charge < -0.3 is 10.4 Å². The Hall–Kier alpha value is -0.0800. The Bertz CT molecular complexity index is 136. The summed E-state index contributed by atoms with van der Waals surface area (Å²) in [7, 11) is 0. The molecule has 1 fully saturated rings. The zero-order valence-electron chi connectivity index (χ0n) is 8.27. The highest BCUT2D eigenvalue weighted by molar-refractivity contribution is 4.89. The summed E-state index contributed by atoms with van der Waals surface area (Å²) in [6, 6.07) is 0. The SMILES string of the molecule is CCCC1CCNC(C)(CO)C1. The van der Waals surface area contributed by atoms with Crippen molar-refractivity contribution in [3.05, 3.63) is 0 Å².